The van der Waals surface area contributed by atoms with Gasteiger partial charge in [-0.25, -0.2) is 0 Å². The fraction of sp³-hybridized carbons (Fsp3) is 0.250. The van der Waals surface area contributed by atoms with Crippen molar-refractivity contribution in [1.82, 2.24) is 14.8 Å². The maximum Gasteiger partial charge on any atom is 0.167 e. The lowest BCUT2D eigenvalue weighted by Crippen LogP contribution is -2.10. The summed E-state index contributed by atoms with van der Waals surface area (Å²) in [5.41, 5.74) is 2.05. The normalized spacial score (nSPS) is 14.8. The molecule has 0 aliphatic heterocycles. The van der Waals surface area contributed by atoms with Gasteiger partial charge in [0.05, 0.1) is 22.4 Å². The van der Waals surface area contributed by atoms with Crippen molar-refractivity contribution in [2.24, 2.45) is 5.92 Å². The number of nitriles is 1. The molecule has 130 valence electrons. The first-order valence-electron chi connectivity index (χ1n) is 8.57. The number of hydrogen-bond donors (Lipinski definition) is 2. The smallest absolute Gasteiger partial charge is 0.167 e. The van der Waals surface area contributed by atoms with Crippen LogP contribution in [0.4, 0.5) is 0 Å². The zero-order valence-electron chi connectivity index (χ0n) is 14.1. The Kier molecular flexibility index (Phi) is 4.39. The van der Waals surface area contributed by atoms with E-state index in [1.807, 2.05) is 34.9 Å². The lowest BCUT2D eigenvalue weighted by molar-refractivity contribution is 0.476. The Hall–Kier alpha value is -2.78. The number of hydrogen-bond acceptors (Lipinski definition) is 5. The van der Waals surface area contributed by atoms with Crippen LogP contribution < -0.4 is 0 Å². The van der Waals surface area contributed by atoms with Gasteiger partial charge in [-0.05, 0) is 42.5 Å². The molecular weight excluding hydrogens is 344 g/mol. The molecule has 0 bridgehead atoms. The van der Waals surface area contributed by atoms with Crippen molar-refractivity contribution < 1.29 is 5.11 Å². The number of phenolic OH excluding ortho intramolecular Hbond substituents is 1. The number of benzene rings is 2. The summed E-state index contributed by atoms with van der Waals surface area (Å²) in [6.07, 6.45) is 2.37. The van der Waals surface area contributed by atoms with E-state index < -0.39 is 0 Å². The number of rotatable bonds is 5. The molecular formula is C20H18N4OS. The van der Waals surface area contributed by atoms with Crippen LogP contribution in [0.25, 0.3) is 11.4 Å². The van der Waals surface area contributed by atoms with Gasteiger partial charge in [0.2, 0.25) is 0 Å². The number of aromatic hydroxyl groups is 1. The molecule has 1 heterocycles. The van der Waals surface area contributed by atoms with Gasteiger partial charge in [-0.1, -0.05) is 30.3 Å². The first-order chi connectivity index (χ1) is 12.7. The fourth-order valence-electron chi connectivity index (χ4n) is 3.09. The second-order valence-electron chi connectivity index (χ2n) is 6.55. The van der Waals surface area contributed by atoms with Crippen molar-refractivity contribution in [2.75, 3.05) is 0 Å². The Morgan fingerprint density at radius 3 is 2.62 bits per heavy atom. The molecule has 26 heavy (non-hydrogen) atoms. The highest BCUT2D eigenvalue weighted by Gasteiger charge is 2.29. The molecule has 0 radical (unpaired) electrons. The Balaban J connectivity index is 1.82. The third-order valence-corrected chi connectivity index (χ3v) is 5.19. The molecule has 1 fully saturated rings. The van der Waals surface area contributed by atoms with Crippen LogP contribution in [0.5, 0.6) is 5.75 Å². The standard InChI is InChI=1S/C20H18N4OS/c21-11-14-5-1-2-6-15(14)18(26)20-23-22-19(24(20)12-13-9-10-13)16-7-3-4-8-17(16)25/h1-8,13,18,25-26H,9-10,12H2. The lowest BCUT2D eigenvalue weighted by atomic mass is 10.0. The summed E-state index contributed by atoms with van der Waals surface area (Å²) in [6.45, 7) is 0.789. The minimum atomic E-state index is -0.364. The van der Waals surface area contributed by atoms with E-state index in [2.05, 4.69) is 16.3 Å². The second kappa shape index (κ2) is 6.85. The summed E-state index contributed by atoms with van der Waals surface area (Å²) < 4.78 is 2.04. The maximum atomic E-state index is 10.2. The van der Waals surface area contributed by atoms with E-state index in [9.17, 15) is 10.4 Å². The molecule has 2 aromatic carbocycles. The molecule has 5 nitrogen and oxygen atoms in total. The summed E-state index contributed by atoms with van der Waals surface area (Å²) in [4.78, 5) is 0. The Morgan fingerprint density at radius 1 is 1.15 bits per heavy atom. The number of phenols is 1. The first-order valence-corrected chi connectivity index (χ1v) is 9.09. The van der Waals surface area contributed by atoms with Gasteiger partial charge in [0.15, 0.2) is 11.6 Å². The molecule has 1 saturated carbocycles. The van der Waals surface area contributed by atoms with Gasteiger partial charge in [0.25, 0.3) is 0 Å². The monoisotopic (exact) mass is 362 g/mol. The molecule has 3 aromatic rings. The van der Waals surface area contributed by atoms with Crippen LogP contribution >= 0.6 is 12.6 Å². The Labute approximate surface area is 157 Å². The van der Waals surface area contributed by atoms with Crippen molar-refractivity contribution >= 4 is 12.6 Å². The van der Waals surface area contributed by atoms with Crippen LogP contribution in [0.2, 0.25) is 0 Å². The van der Waals surface area contributed by atoms with Gasteiger partial charge < -0.3 is 9.67 Å². The second-order valence-corrected chi connectivity index (χ2v) is 7.07. The minimum Gasteiger partial charge on any atom is -0.507 e. The number of aromatic nitrogens is 3. The summed E-state index contributed by atoms with van der Waals surface area (Å²) >= 11 is 4.76. The van der Waals surface area contributed by atoms with Crippen LogP contribution in [0, 0.1) is 17.2 Å². The molecule has 1 N–H and O–H groups in total. The Bertz CT molecular complexity index is 987. The molecule has 4 rings (SSSR count). The SMILES string of the molecule is N#Cc1ccccc1C(S)c1nnc(-c2ccccc2O)n1CC1CC1. The molecule has 0 saturated heterocycles. The molecule has 1 aromatic heterocycles. The van der Waals surface area contributed by atoms with Crippen LogP contribution in [-0.4, -0.2) is 19.9 Å². The zero-order valence-corrected chi connectivity index (χ0v) is 15.0. The number of nitrogens with zero attached hydrogens (tertiary/aromatic N) is 4. The average Bonchev–Trinajstić information content (AvgIpc) is 3.40. The van der Waals surface area contributed by atoms with E-state index in [0.717, 1.165) is 12.1 Å². The van der Waals surface area contributed by atoms with Gasteiger partial charge >= 0.3 is 0 Å². The van der Waals surface area contributed by atoms with E-state index in [4.69, 9.17) is 12.6 Å². The van der Waals surface area contributed by atoms with Crippen molar-refractivity contribution in [1.29, 1.82) is 5.26 Å². The average molecular weight is 362 g/mol. The number of para-hydroxylation sites is 1. The third-order valence-electron chi connectivity index (χ3n) is 4.68. The topological polar surface area (TPSA) is 74.7 Å². The van der Waals surface area contributed by atoms with Gasteiger partial charge in [0.1, 0.15) is 5.75 Å². The van der Waals surface area contributed by atoms with Gasteiger partial charge in [-0.2, -0.15) is 17.9 Å². The minimum absolute atomic E-state index is 0.177. The van der Waals surface area contributed by atoms with Crippen LogP contribution in [0.1, 0.15) is 35.0 Å². The van der Waals surface area contributed by atoms with Crippen molar-refractivity contribution in [3.63, 3.8) is 0 Å². The molecule has 6 heteroatoms. The van der Waals surface area contributed by atoms with Crippen LogP contribution in [0.3, 0.4) is 0 Å². The first kappa shape index (κ1) is 16.7. The summed E-state index contributed by atoms with van der Waals surface area (Å²) in [7, 11) is 0. The maximum absolute atomic E-state index is 10.2. The van der Waals surface area contributed by atoms with E-state index in [1.165, 1.54) is 12.8 Å². The molecule has 1 atom stereocenters. The Morgan fingerprint density at radius 2 is 1.88 bits per heavy atom. The molecule has 1 aliphatic carbocycles. The van der Waals surface area contributed by atoms with Gasteiger partial charge in [0, 0.05) is 6.54 Å². The molecule has 1 unspecified atom stereocenters. The van der Waals surface area contributed by atoms with Crippen LogP contribution in [-0.2, 0) is 6.54 Å². The van der Waals surface area contributed by atoms with Crippen molar-refractivity contribution in [3.8, 4) is 23.2 Å². The van der Waals surface area contributed by atoms with E-state index in [-0.39, 0.29) is 11.0 Å². The molecule has 1 aliphatic rings. The zero-order chi connectivity index (χ0) is 18.1. The van der Waals surface area contributed by atoms with E-state index in [0.29, 0.717) is 28.7 Å². The molecule has 0 spiro atoms. The quantitative estimate of drug-likeness (QED) is 0.674. The predicted octanol–water partition coefficient (Wildman–Crippen LogP) is 3.95. The largest absolute Gasteiger partial charge is 0.507 e. The predicted molar refractivity (Wildman–Crippen MR) is 102 cm³/mol. The number of thiol groups is 1. The summed E-state index contributed by atoms with van der Waals surface area (Å²) in [6, 6.07) is 16.8. The summed E-state index contributed by atoms with van der Waals surface area (Å²) in [5.74, 6) is 2.11. The summed E-state index contributed by atoms with van der Waals surface area (Å²) in [5, 5.41) is 28.0. The third kappa shape index (κ3) is 3.06. The van der Waals surface area contributed by atoms with E-state index >= 15 is 0 Å². The van der Waals surface area contributed by atoms with Crippen LogP contribution in [0.15, 0.2) is 48.5 Å². The van der Waals surface area contributed by atoms with Gasteiger partial charge in [-0.3, -0.25) is 0 Å². The molecule has 0 amide bonds. The highest BCUT2D eigenvalue weighted by atomic mass is 32.1. The van der Waals surface area contributed by atoms with Crippen molar-refractivity contribution in [3.05, 3.63) is 65.5 Å². The highest BCUT2D eigenvalue weighted by molar-refractivity contribution is 7.80. The van der Waals surface area contributed by atoms with Crippen molar-refractivity contribution in [2.45, 2.75) is 24.6 Å². The van der Waals surface area contributed by atoms with Gasteiger partial charge in [-0.15, -0.1) is 10.2 Å². The fourth-order valence-corrected chi connectivity index (χ4v) is 3.51. The van der Waals surface area contributed by atoms with E-state index in [1.54, 1.807) is 18.2 Å². The highest BCUT2D eigenvalue weighted by Crippen LogP contribution is 2.38. The lowest BCUT2D eigenvalue weighted by Gasteiger charge is -2.16.